The zero-order valence-corrected chi connectivity index (χ0v) is 9.91. The number of carbonyl (C=O) groups is 1. The van der Waals surface area contributed by atoms with E-state index in [0.717, 1.165) is 37.1 Å². The van der Waals surface area contributed by atoms with Gasteiger partial charge in [-0.05, 0) is 25.7 Å². The van der Waals surface area contributed by atoms with Crippen LogP contribution in [0.3, 0.4) is 0 Å². The Morgan fingerprint density at radius 3 is 2.29 bits per heavy atom. The number of H-pyrrole nitrogens is 1. The van der Waals surface area contributed by atoms with E-state index in [1.165, 1.54) is 19.3 Å². The Morgan fingerprint density at radius 2 is 1.76 bits per heavy atom. The van der Waals surface area contributed by atoms with E-state index in [0.29, 0.717) is 17.4 Å². The van der Waals surface area contributed by atoms with Gasteiger partial charge in [-0.25, -0.2) is 4.79 Å². The summed E-state index contributed by atoms with van der Waals surface area (Å²) in [5.74, 6) is -0.0301. The maximum atomic E-state index is 11.4. The molecule has 0 aromatic carbocycles. The van der Waals surface area contributed by atoms with Crippen LogP contribution in [0.15, 0.2) is 0 Å². The Bertz CT molecular complexity index is 429. The van der Waals surface area contributed by atoms with Crippen molar-refractivity contribution in [2.24, 2.45) is 0 Å². The zero-order chi connectivity index (χ0) is 11.8. The van der Waals surface area contributed by atoms with Gasteiger partial charge in [0, 0.05) is 11.8 Å². The summed E-state index contributed by atoms with van der Waals surface area (Å²) in [6.45, 7) is 0. The molecule has 2 N–H and O–H groups in total. The summed E-state index contributed by atoms with van der Waals surface area (Å²) >= 11 is 0. The highest BCUT2D eigenvalue weighted by atomic mass is 16.4. The van der Waals surface area contributed by atoms with Crippen molar-refractivity contribution in [2.75, 3.05) is 0 Å². The average molecular weight is 234 g/mol. The quantitative estimate of drug-likeness (QED) is 0.844. The van der Waals surface area contributed by atoms with Crippen LogP contribution < -0.4 is 0 Å². The summed E-state index contributed by atoms with van der Waals surface area (Å²) in [6, 6.07) is 0. The molecule has 0 saturated heterocycles. The van der Waals surface area contributed by atoms with Gasteiger partial charge in [-0.15, -0.1) is 0 Å². The van der Waals surface area contributed by atoms with Crippen LogP contribution in [0.1, 0.15) is 78.5 Å². The lowest BCUT2D eigenvalue weighted by Gasteiger charge is -2.24. The third-order valence-corrected chi connectivity index (χ3v) is 4.29. The summed E-state index contributed by atoms with van der Waals surface area (Å²) in [7, 11) is 0. The molecule has 92 valence electrons. The molecule has 2 saturated carbocycles. The fourth-order valence-electron chi connectivity index (χ4n) is 3.08. The van der Waals surface area contributed by atoms with E-state index in [1.807, 2.05) is 0 Å². The van der Waals surface area contributed by atoms with Crippen molar-refractivity contribution < 1.29 is 9.90 Å². The first kappa shape index (κ1) is 10.8. The maximum Gasteiger partial charge on any atom is 0.339 e. The fourth-order valence-corrected chi connectivity index (χ4v) is 3.08. The van der Waals surface area contributed by atoms with Crippen molar-refractivity contribution in [2.45, 2.75) is 56.8 Å². The highest BCUT2D eigenvalue weighted by Gasteiger charge is 2.32. The van der Waals surface area contributed by atoms with Gasteiger partial charge in [0.2, 0.25) is 0 Å². The van der Waals surface area contributed by atoms with Crippen LogP contribution >= 0.6 is 0 Å². The molecular weight excluding hydrogens is 216 g/mol. The largest absolute Gasteiger partial charge is 0.478 e. The molecule has 17 heavy (non-hydrogen) atoms. The summed E-state index contributed by atoms with van der Waals surface area (Å²) in [6.07, 6.45) is 8.02. The molecule has 0 atom stereocenters. The van der Waals surface area contributed by atoms with Crippen LogP contribution in [0.5, 0.6) is 0 Å². The summed E-state index contributed by atoms with van der Waals surface area (Å²) in [5.41, 5.74) is 2.18. The molecule has 0 aliphatic heterocycles. The molecule has 4 nitrogen and oxygen atoms in total. The average Bonchev–Trinajstić information content (AvgIpc) is 2.80. The number of carboxylic acids is 1. The highest BCUT2D eigenvalue weighted by Crippen LogP contribution is 2.41. The topological polar surface area (TPSA) is 66.0 Å². The van der Waals surface area contributed by atoms with Crippen molar-refractivity contribution in [3.05, 3.63) is 17.0 Å². The first-order valence-corrected chi connectivity index (χ1v) is 6.59. The Kier molecular flexibility index (Phi) is 2.65. The second-order valence-electron chi connectivity index (χ2n) is 5.31. The van der Waals surface area contributed by atoms with Gasteiger partial charge >= 0.3 is 5.97 Å². The molecule has 1 aromatic heterocycles. The van der Waals surface area contributed by atoms with Crippen molar-refractivity contribution in [3.63, 3.8) is 0 Å². The standard InChI is InChI=1S/C13H18N2O2/c16-13(17)10-11(8-4-1-2-5-8)14-15-12(10)9-6-3-7-9/h8-9H,1-7H2,(H,14,15)(H,16,17). The normalized spacial score (nSPS) is 21.6. The minimum Gasteiger partial charge on any atom is -0.478 e. The molecule has 1 heterocycles. The molecule has 1 aromatic rings. The lowest BCUT2D eigenvalue weighted by molar-refractivity contribution is 0.0692. The number of carboxylic acid groups (broad SMARTS) is 1. The smallest absolute Gasteiger partial charge is 0.339 e. The van der Waals surface area contributed by atoms with Crippen LogP contribution in [0, 0.1) is 0 Å². The van der Waals surface area contributed by atoms with E-state index in [4.69, 9.17) is 0 Å². The Balaban J connectivity index is 1.96. The van der Waals surface area contributed by atoms with Crippen LogP contribution in [0.25, 0.3) is 0 Å². The lowest BCUT2D eigenvalue weighted by Crippen LogP contribution is -2.14. The first-order valence-electron chi connectivity index (χ1n) is 6.59. The molecular formula is C13H18N2O2. The highest BCUT2D eigenvalue weighted by molar-refractivity contribution is 5.90. The van der Waals surface area contributed by atoms with Crippen LogP contribution in [-0.4, -0.2) is 21.3 Å². The minimum atomic E-state index is -0.803. The Labute approximate surface area is 100 Å². The SMILES string of the molecule is O=C(O)c1c(C2CCC2)n[nH]c1C1CCCC1. The predicted molar refractivity (Wildman–Crippen MR) is 63.3 cm³/mol. The minimum absolute atomic E-state index is 0.382. The second-order valence-corrected chi connectivity index (χ2v) is 5.31. The van der Waals surface area contributed by atoms with Gasteiger partial charge in [0.15, 0.2) is 0 Å². The number of nitrogens with one attached hydrogen (secondary N) is 1. The Hall–Kier alpha value is -1.32. The van der Waals surface area contributed by atoms with Crippen molar-refractivity contribution in [3.8, 4) is 0 Å². The summed E-state index contributed by atoms with van der Waals surface area (Å²) < 4.78 is 0. The van der Waals surface area contributed by atoms with Gasteiger partial charge < -0.3 is 5.11 Å². The second kappa shape index (κ2) is 4.17. The van der Waals surface area contributed by atoms with E-state index >= 15 is 0 Å². The predicted octanol–water partition coefficient (Wildman–Crippen LogP) is 3.03. The van der Waals surface area contributed by atoms with E-state index in [1.54, 1.807) is 0 Å². The monoisotopic (exact) mass is 234 g/mol. The molecule has 0 unspecified atom stereocenters. The van der Waals surface area contributed by atoms with Gasteiger partial charge in [0.25, 0.3) is 0 Å². The van der Waals surface area contributed by atoms with Crippen molar-refractivity contribution in [1.29, 1.82) is 0 Å². The molecule has 2 aliphatic rings. The third-order valence-electron chi connectivity index (χ3n) is 4.29. The number of hydrogen-bond acceptors (Lipinski definition) is 2. The molecule has 4 heteroatoms. The van der Waals surface area contributed by atoms with E-state index in [2.05, 4.69) is 10.2 Å². The van der Waals surface area contributed by atoms with Gasteiger partial charge in [0.1, 0.15) is 5.56 Å². The van der Waals surface area contributed by atoms with Gasteiger partial charge in [0.05, 0.1) is 11.4 Å². The number of aromatic carboxylic acids is 1. The van der Waals surface area contributed by atoms with Crippen LogP contribution in [0.4, 0.5) is 0 Å². The number of nitrogens with zero attached hydrogens (tertiary/aromatic N) is 1. The number of aromatic amines is 1. The van der Waals surface area contributed by atoms with E-state index < -0.39 is 5.97 Å². The maximum absolute atomic E-state index is 11.4. The number of hydrogen-bond donors (Lipinski definition) is 2. The van der Waals surface area contributed by atoms with E-state index in [-0.39, 0.29) is 0 Å². The molecule has 3 rings (SSSR count). The number of rotatable bonds is 3. The van der Waals surface area contributed by atoms with Gasteiger partial charge in [-0.2, -0.15) is 5.10 Å². The molecule has 0 spiro atoms. The Morgan fingerprint density at radius 1 is 1.12 bits per heavy atom. The molecule has 0 radical (unpaired) electrons. The van der Waals surface area contributed by atoms with Crippen LogP contribution in [0.2, 0.25) is 0 Å². The zero-order valence-electron chi connectivity index (χ0n) is 9.91. The van der Waals surface area contributed by atoms with Gasteiger partial charge in [-0.3, -0.25) is 5.10 Å². The molecule has 2 aliphatic carbocycles. The summed E-state index contributed by atoms with van der Waals surface area (Å²) in [5, 5.41) is 16.7. The lowest BCUT2D eigenvalue weighted by atomic mass is 9.80. The number of aromatic nitrogens is 2. The summed E-state index contributed by atoms with van der Waals surface area (Å²) in [4.78, 5) is 11.4. The molecule has 2 fully saturated rings. The fraction of sp³-hybridized carbons (Fsp3) is 0.692. The third kappa shape index (κ3) is 1.75. The van der Waals surface area contributed by atoms with Crippen LogP contribution in [-0.2, 0) is 0 Å². The van der Waals surface area contributed by atoms with Crippen molar-refractivity contribution >= 4 is 5.97 Å². The first-order chi connectivity index (χ1) is 8.27. The molecule has 0 bridgehead atoms. The van der Waals surface area contributed by atoms with Crippen molar-refractivity contribution in [1.82, 2.24) is 10.2 Å². The van der Waals surface area contributed by atoms with Gasteiger partial charge in [-0.1, -0.05) is 19.3 Å². The van der Waals surface area contributed by atoms with E-state index in [9.17, 15) is 9.90 Å². The molecule has 0 amide bonds.